The molecule has 6 nitrogen and oxygen atoms in total. The fraction of sp³-hybridized carbons (Fsp3) is 0.154. The summed E-state index contributed by atoms with van der Waals surface area (Å²) in [6.07, 6.45) is -0.0762. The van der Waals surface area contributed by atoms with Crippen LogP contribution in [0.3, 0.4) is 0 Å². The maximum atomic E-state index is 11.3. The van der Waals surface area contributed by atoms with Gasteiger partial charge in [-0.25, -0.2) is 4.98 Å². The Balaban J connectivity index is 2.28. The molecule has 1 aromatic carbocycles. The van der Waals surface area contributed by atoms with Crippen LogP contribution in [-0.4, -0.2) is 21.0 Å². The highest BCUT2D eigenvalue weighted by Crippen LogP contribution is 2.35. The number of hydrogen-bond donors (Lipinski definition) is 3. The van der Waals surface area contributed by atoms with Crippen molar-refractivity contribution in [2.45, 2.75) is 16.8 Å². The molecule has 0 amide bonds. The fourth-order valence-corrected chi connectivity index (χ4v) is 2.80. The van der Waals surface area contributed by atoms with Gasteiger partial charge in [-0.1, -0.05) is 42.1 Å². The van der Waals surface area contributed by atoms with E-state index in [9.17, 15) is 9.59 Å². The average Bonchev–Trinajstić information content (AvgIpc) is 2.37. The predicted octanol–water partition coefficient (Wildman–Crippen LogP) is 1.66. The number of nitrogen functional groups attached to an aromatic ring is 1. The quantitative estimate of drug-likeness (QED) is 0.571. The van der Waals surface area contributed by atoms with Crippen LogP contribution in [0.1, 0.15) is 17.2 Å². The minimum Gasteiger partial charge on any atom is -0.481 e. The zero-order valence-corrected chi connectivity index (χ0v) is 11.3. The van der Waals surface area contributed by atoms with Crippen molar-refractivity contribution in [1.29, 1.82) is 0 Å². The van der Waals surface area contributed by atoms with Crippen molar-refractivity contribution in [2.24, 2.45) is 0 Å². The first-order chi connectivity index (χ1) is 9.54. The molecule has 1 aromatic heterocycles. The predicted molar refractivity (Wildman–Crippen MR) is 76.6 cm³/mol. The smallest absolute Gasteiger partial charge is 0.304 e. The number of rotatable bonds is 5. The maximum Gasteiger partial charge on any atom is 0.304 e. The molecule has 0 bridgehead atoms. The van der Waals surface area contributed by atoms with Gasteiger partial charge in [-0.05, 0) is 5.56 Å². The topological polar surface area (TPSA) is 109 Å². The van der Waals surface area contributed by atoms with E-state index in [2.05, 4.69) is 9.97 Å². The van der Waals surface area contributed by atoms with E-state index in [0.717, 1.165) is 5.56 Å². The molecule has 20 heavy (non-hydrogen) atoms. The molecule has 7 heteroatoms. The number of anilines is 1. The number of nitrogens with zero attached hydrogens (tertiary/aromatic N) is 1. The molecule has 1 atom stereocenters. The van der Waals surface area contributed by atoms with E-state index >= 15 is 0 Å². The molecule has 0 aliphatic heterocycles. The summed E-state index contributed by atoms with van der Waals surface area (Å²) in [5.74, 6) is -0.809. The Morgan fingerprint density at radius 2 is 2.10 bits per heavy atom. The molecular weight excluding hydrogens is 278 g/mol. The van der Waals surface area contributed by atoms with Gasteiger partial charge in [-0.3, -0.25) is 9.59 Å². The van der Waals surface area contributed by atoms with Crippen molar-refractivity contribution >= 4 is 23.5 Å². The maximum absolute atomic E-state index is 11.3. The number of benzene rings is 1. The number of carboxylic acids is 1. The van der Waals surface area contributed by atoms with E-state index in [1.807, 2.05) is 30.3 Å². The minimum absolute atomic E-state index is 0.0762. The van der Waals surface area contributed by atoms with Gasteiger partial charge in [0.05, 0.1) is 6.42 Å². The molecule has 2 aromatic rings. The van der Waals surface area contributed by atoms with Crippen LogP contribution in [0, 0.1) is 0 Å². The van der Waals surface area contributed by atoms with Gasteiger partial charge in [0, 0.05) is 11.3 Å². The Morgan fingerprint density at radius 3 is 2.70 bits per heavy atom. The van der Waals surface area contributed by atoms with Gasteiger partial charge < -0.3 is 15.8 Å². The van der Waals surface area contributed by atoms with Crippen LogP contribution in [0.2, 0.25) is 0 Å². The fourth-order valence-electron chi connectivity index (χ4n) is 1.70. The van der Waals surface area contributed by atoms with E-state index in [-0.39, 0.29) is 23.0 Å². The summed E-state index contributed by atoms with van der Waals surface area (Å²) >= 11 is 1.17. The SMILES string of the molecule is Nc1cc(=O)[nH]c(SC(CC(=O)O)c2ccccc2)n1. The summed E-state index contributed by atoms with van der Waals surface area (Å²) in [5.41, 5.74) is 6.01. The lowest BCUT2D eigenvalue weighted by Gasteiger charge is -2.14. The van der Waals surface area contributed by atoms with Gasteiger partial charge in [0.2, 0.25) is 0 Å². The van der Waals surface area contributed by atoms with Crippen LogP contribution in [0.25, 0.3) is 0 Å². The molecule has 0 saturated heterocycles. The zero-order chi connectivity index (χ0) is 14.5. The van der Waals surface area contributed by atoms with Crippen molar-refractivity contribution in [1.82, 2.24) is 9.97 Å². The number of nitrogens with two attached hydrogens (primary N) is 1. The van der Waals surface area contributed by atoms with Crippen LogP contribution in [0.4, 0.5) is 5.82 Å². The second kappa shape index (κ2) is 6.25. The Labute approximate surface area is 119 Å². The number of H-pyrrole nitrogens is 1. The molecule has 1 unspecified atom stereocenters. The number of carbonyl (C=O) groups is 1. The highest BCUT2D eigenvalue weighted by molar-refractivity contribution is 7.99. The normalized spacial score (nSPS) is 12.0. The lowest BCUT2D eigenvalue weighted by molar-refractivity contribution is -0.137. The van der Waals surface area contributed by atoms with E-state index in [4.69, 9.17) is 10.8 Å². The molecule has 0 aliphatic rings. The Kier molecular flexibility index (Phi) is 4.41. The summed E-state index contributed by atoms with van der Waals surface area (Å²) in [4.78, 5) is 28.9. The largest absolute Gasteiger partial charge is 0.481 e. The van der Waals surface area contributed by atoms with E-state index in [1.165, 1.54) is 17.8 Å². The van der Waals surface area contributed by atoms with Crippen molar-refractivity contribution in [3.05, 3.63) is 52.3 Å². The first kappa shape index (κ1) is 14.1. The first-order valence-electron chi connectivity index (χ1n) is 5.85. The van der Waals surface area contributed by atoms with Crippen LogP contribution in [-0.2, 0) is 4.79 Å². The van der Waals surface area contributed by atoms with Gasteiger partial charge in [-0.15, -0.1) is 0 Å². The van der Waals surface area contributed by atoms with Crippen LogP contribution >= 0.6 is 11.8 Å². The average molecular weight is 291 g/mol. The molecule has 0 saturated carbocycles. The van der Waals surface area contributed by atoms with Gasteiger partial charge in [0.1, 0.15) is 5.82 Å². The number of nitrogens with one attached hydrogen (secondary N) is 1. The van der Waals surface area contributed by atoms with E-state index in [0.29, 0.717) is 5.16 Å². The molecule has 1 heterocycles. The molecule has 0 spiro atoms. The molecular formula is C13H13N3O3S. The van der Waals surface area contributed by atoms with E-state index in [1.54, 1.807) is 0 Å². The highest BCUT2D eigenvalue weighted by atomic mass is 32.2. The summed E-state index contributed by atoms with van der Waals surface area (Å²) in [6, 6.07) is 10.4. The van der Waals surface area contributed by atoms with Crippen molar-refractivity contribution in [3.63, 3.8) is 0 Å². The third-order valence-electron chi connectivity index (χ3n) is 2.53. The third-order valence-corrected chi connectivity index (χ3v) is 3.66. The molecule has 104 valence electrons. The van der Waals surface area contributed by atoms with Gasteiger partial charge in [0.15, 0.2) is 5.16 Å². The summed E-state index contributed by atoms with van der Waals surface area (Å²) in [6.45, 7) is 0. The molecule has 2 rings (SSSR count). The van der Waals surface area contributed by atoms with Crippen molar-refractivity contribution in [3.8, 4) is 0 Å². The van der Waals surface area contributed by atoms with Gasteiger partial charge in [-0.2, -0.15) is 0 Å². The second-order valence-corrected chi connectivity index (χ2v) is 5.28. The monoisotopic (exact) mass is 291 g/mol. The molecule has 0 radical (unpaired) electrons. The number of thioether (sulfide) groups is 1. The second-order valence-electron chi connectivity index (χ2n) is 4.09. The third kappa shape index (κ3) is 3.86. The first-order valence-corrected chi connectivity index (χ1v) is 6.73. The van der Waals surface area contributed by atoms with Crippen LogP contribution in [0.5, 0.6) is 0 Å². The summed E-state index contributed by atoms with van der Waals surface area (Å²) in [7, 11) is 0. The molecule has 4 N–H and O–H groups in total. The van der Waals surface area contributed by atoms with E-state index < -0.39 is 5.97 Å². The zero-order valence-electron chi connectivity index (χ0n) is 10.4. The molecule has 0 aliphatic carbocycles. The number of aliphatic carboxylic acids is 1. The highest BCUT2D eigenvalue weighted by Gasteiger charge is 2.18. The Morgan fingerprint density at radius 1 is 1.40 bits per heavy atom. The van der Waals surface area contributed by atoms with Gasteiger partial charge in [0.25, 0.3) is 5.56 Å². The summed E-state index contributed by atoms with van der Waals surface area (Å²) in [5, 5.41) is 8.96. The lowest BCUT2D eigenvalue weighted by Crippen LogP contribution is -2.11. The number of hydrogen-bond acceptors (Lipinski definition) is 5. The van der Waals surface area contributed by atoms with Crippen LogP contribution in [0.15, 0.2) is 46.3 Å². The van der Waals surface area contributed by atoms with Crippen molar-refractivity contribution in [2.75, 3.05) is 5.73 Å². The summed E-state index contributed by atoms with van der Waals surface area (Å²) < 4.78 is 0. The standard InChI is InChI=1S/C13H13N3O3S/c14-10-7-11(17)16-13(15-10)20-9(6-12(18)19)8-4-2-1-3-5-8/h1-5,7,9H,6H2,(H,18,19)(H3,14,15,16,17). The van der Waals surface area contributed by atoms with Crippen molar-refractivity contribution < 1.29 is 9.90 Å². The number of carboxylic acid groups (broad SMARTS) is 1. The Bertz CT molecular complexity index is 657. The van der Waals surface area contributed by atoms with Crippen LogP contribution < -0.4 is 11.3 Å². The Hall–Kier alpha value is -2.28. The van der Waals surface area contributed by atoms with Gasteiger partial charge >= 0.3 is 5.97 Å². The lowest BCUT2D eigenvalue weighted by atomic mass is 10.1. The number of aromatic nitrogens is 2. The molecule has 0 fully saturated rings. The minimum atomic E-state index is -0.919. The number of aromatic amines is 1.